The number of hydrogen-bond acceptors (Lipinski definition) is 5. The zero-order chi connectivity index (χ0) is 14.5. The number of rotatable bonds is 4. The molecule has 0 aromatic carbocycles. The standard InChI is InChI=1S/C13H27N3O3/c1-10-9-16(5-6-18-10)11(7-14)8-15-12(17)19-13(2,3)4/h10-11H,5-9,14H2,1-4H3,(H,15,17). The van der Waals surface area contributed by atoms with E-state index in [9.17, 15) is 4.79 Å². The van der Waals surface area contributed by atoms with Crippen molar-refractivity contribution in [2.75, 3.05) is 32.8 Å². The fraction of sp³-hybridized carbons (Fsp3) is 0.923. The van der Waals surface area contributed by atoms with Gasteiger partial charge in [0.1, 0.15) is 5.60 Å². The van der Waals surface area contributed by atoms with Crippen LogP contribution < -0.4 is 11.1 Å². The van der Waals surface area contributed by atoms with Crippen LogP contribution in [0.1, 0.15) is 27.7 Å². The van der Waals surface area contributed by atoms with Gasteiger partial charge in [-0.3, -0.25) is 4.90 Å². The Morgan fingerprint density at radius 2 is 2.26 bits per heavy atom. The third kappa shape index (κ3) is 6.22. The van der Waals surface area contributed by atoms with Crippen molar-refractivity contribution >= 4 is 6.09 Å². The fourth-order valence-corrected chi connectivity index (χ4v) is 2.05. The van der Waals surface area contributed by atoms with Crippen molar-refractivity contribution in [3.63, 3.8) is 0 Å². The second-order valence-electron chi connectivity index (χ2n) is 5.95. The highest BCUT2D eigenvalue weighted by Crippen LogP contribution is 2.09. The van der Waals surface area contributed by atoms with Crippen molar-refractivity contribution in [1.82, 2.24) is 10.2 Å². The summed E-state index contributed by atoms with van der Waals surface area (Å²) in [5.41, 5.74) is 5.31. The molecule has 0 saturated carbocycles. The molecule has 112 valence electrons. The largest absolute Gasteiger partial charge is 0.444 e. The Balaban J connectivity index is 2.38. The number of carbonyl (C=O) groups is 1. The van der Waals surface area contributed by atoms with Crippen LogP contribution in [0.3, 0.4) is 0 Å². The first-order valence-electron chi connectivity index (χ1n) is 6.84. The van der Waals surface area contributed by atoms with Crippen molar-refractivity contribution in [2.24, 2.45) is 5.73 Å². The molecule has 0 spiro atoms. The molecular formula is C13H27N3O3. The summed E-state index contributed by atoms with van der Waals surface area (Å²) in [5, 5.41) is 2.78. The van der Waals surface area contributed by atoms with Gasteiger partial charge in [-0.05, 0) is 27.7 Å². The van der Waals surface area contributed by atoms with E-state index in [-0.39, 0.29) is 12.1 Å². The molecule has 1 amide bonds. The van der Waals surface area contributed by atoms with Crippen molar-refractivity contribution in [3.8, 4) is 0 Å². The minimum atomic E-state index is -0.476. The molecule has 1 aliphatic heterocycles. The van der Waals surface area contributed by atoms with Gasteiger partial charge in [0.2, 0.25) is 0 Å². The highest BCUT2D eigenvalue weighted by Gasteiger charge is 2.24. The summed E-state index contributed by atoms with van der Waals surface area (Å²) < 4.78 is 10.7. The molecule has 1 rings (SSSR count). The zero-order valence-electron chi connectivity index (χ0n) is 12.4. The summed E-state index contributed by atoms with van der Waals surface area (Å²) in [7, 11) is 0. The zero-order valence-corrected chi connectivity index (χ0v) is 12.4. The van der Waals surface area contributed by atoms with Crippen LogP contribution >= 0.6 is 0 Å². The maximum atomic E-state index is 11.6. The molecule has 1 heterocycles. The average Bonchev–Trinajstić information content (AvgIpc) is 2.27. The Kier molecular flexibility index (Phi) is 6.03. The van der Waals surface area contributed by atoms with E-state index in [2.05, 4.69) is 10.2 Å². The number of amides is 1. The van der Waals surface area contributed by atoms with Gasteiger partial charge >= 0.3 is 6.09 Å². The molecule has 19 heavy (non-hydrogen) atoms. The van der Waals surface area contributed by atoms with E-state index in [1.165, 1.54) is 0 Å². The molecular weight excluding hydrogens is 246 g/mol. The summed E-state index contributed by atoms with van der Waals surface area (Å²) in [6, 6.07) is 0.124. The predicted octanol–water partition coefficient (Wildman–Crippen LogP) is 0.559. The van der Waals surface area contributed by atoms with Crippen LogP contribution in [0, 0.1) is 0 Å². The smallest absolute Gasteiger partial charge is 0.407 e. The average molecular weight is 273 g/mol. The predicted molar refractivity (Wildman–Crippen MR) is 74.1 cm³/mol. The van der Waals surface area contributed by atoms with Gasteiger partial charge in [0.05, 0.1) is 12.7 Å². The quantitative estimate of drug-likeness (QED) is 0.782. The van der Waals surface area contributed by atoms with Crippen LogP contribution in [0.15, 0.2) is 0 Å². The monoisotopic (exact) mass is 273 g/mol. The first-order valence-corrected chi connectivity index (χ1v) is 6.84. The molecule has 6 nitrogen and oxygen atoms in total. The van der Waals surface area contributed by atoms with Gasteiger partial charge in [-0.25, -0.2) is 4.79 Å². The summed E-state index contributed by atoms with van der Waals surface area (Å²) in [4.78, 5) is 13.9. The Hall–Kier alpha value is -0.850. The minimum Gasteiger partial charge on any atom is -0.444 e. The summed E-state index contributed by atoms with van der Waals surface area (Å²) >= 11 is 0. The number of nitrogens with zero attached hydrogens (tertiary/aromatic N) is 1. The molecule has 0 bridgehead atoms. The fourth-order valence-electron chi connectivity index (χ4n) is 2.05. The van der Waals surface area contributed by atoms with Crippen molar-refractivity contribution in [3.05, 3.63) is 0 Å². The van der Waals surface area contributed by atoms with Gasteiger partial charge in [0.25, 0.3) is 0 Å². The first kappa shape index (κ1) is 16.2. The molecule has 6 heteroatoms. The lowest BCUT2D eigenvalue weighted by Gasteiger charge is -2.36. The number of nitrogens with two attached hydrogens (primary N) is 1. The van der Waals surface area contributed by atoms with Crippen LogP contribution in [-0.4, -0.2) is 61.5 Å². The summed E-state index contributed by atoms with van der Waals surface area (Å²) in [5.74, 6) is 0. The third-order valence-corrected chi connectivity index (χ3v) is 2.94. The van der Waals surface area contributed by atoms with E-state index in [1.54, 1.807) is 0 Å². The SMILES string of the molecule is CC1CN(C(CN)CNC(=O)OC(C)(C)C)CCO1. The van der Waals surface area contributed by atoms with Crippen molar-refractivity contribution in [1.29, 1.82) is 0 Å². The topological polar surface area (TPSA) is 76.8 Å². The number of alkyl carbamates (subject to hydrolysis) is 1. The van der Waals surface area contributed by atoms with Crippen LogP contribution in [0.25, 0.3) is 0 Å². The normalized spacial score (nSPS) is 22.9. The molecule has 0 aliphatic carbocycles. The molecule has 0 aromatic heterocycles. The Morgan fingerprint density at radius 3 is 2.79 bits per heavy atom. The number of morpholine rings is 1. The molecule has 0 aromatic rings. The highest BCUT2D eigenvalue weighted by molar-refractivity contribution is 5.67. The number of nitrogens with one attached hydrogen (secondary N) is 1. The summed E-state index contributed by atoms with van der Waals surface area (Å²) in [6.45, 7) is 11.0. The Bertz CT molecular complexity index is 291. The van der Waals surface area contributed by atoms with E-state index in [0.717, 1.165) is 13.1 Å². The second kappa shape index (κ2) is 7.07. The number of carbonyl (C=O) groups excluding carboxylic acids is 1. The lowest BCUT2D eigenvalue weighted by atomic mass is 10.2. The minimum absolute atomic E-state index is 0.124. The molecule has 2 atom stereocenters. The lowest BCUT2D eigenvalue weighted by molar-refractivity contribution is -0.0327. The van der Waals surface area contributed by atoms with Gasteiger partial charge in [0, 0.05) is 32.2 Å². The van der Waals surface area contributed by atoms with Gasteiger partial charge in [-0.2, -0.15) is 0 Å². The molecule has 0 radical (unpaired) electrons. The lowest BCUT2D eigenvalue weighted by Crippen LogP contribution is -2.54. The third-order valence-electron chi connectivity index (χ3n) is 2.94. The number of ether oxygens (including phenoxy) is 2. The van der Waals surface area contributed by atoms with Crippen LogP contribution in [0.4, 0.5) is 4.79 Å². The van der Waals surface area contributed by atoms with Crippen LogP contribution in [0.2, 0.25) is 0 Å². The van der Waals surface area contributed by atoms with Gasteiger partial charge < -0.3 is 20.5 Å². The second-order valence-corrected chi connectivity index (χ2v) is 5.95. The van der Waals surface area contributed by atoms with E-state index >= 15 is 0 Å². The van der Waals surface area contributed by atoms with E-state index < -0.39 is 11.7 Å². The van der Waals surface area contributed by atoms with Gasteiger partial charge in [0.15, 0.2) is 0 Å². The Morgan fingerprint density at radius 1 is 1.58 bits per heavy atom. The first-order chi connectivity index (χ1) is 8.81. The van der Waals surface area contributed by atoms with Crippen molar-refractivity contribution < 1.29 is 14.3 Å². The molecule has 1 aliphatic rings. The van der Waals surface area contributed by atoms with Gasteiger partial charge in [-0.15, -0.1) is 0 Å². The van der Waals surface area contributed by atoms with Gasteiger partial charge in [-0.1, -0.05) is 0 Å². The van der Waals surface area contributed by atoms with Crippen molar-refractivity contribution in [2.45, 2.75) is 45.4 Å². The van der Waals surface area contributed by atoms with Crippen LogP contribution in [-0.2, 0) is 9.47 Å². The molecule has 3 N–H and O–H groups in total. The number of hydrogen-bond donors (Lipinski definition) is 2. The molecule has 1 fully saturated rings. The molecule has 2 unspecified atom stereocenters. The van der Waals surface area contributed by atoms with E-state index in [0.29, 0.717) is 19.7 Å². The van der Waals surface area contributed by atoms with E-state index in [1.807, 2.05) is 27.7 Å². The van der Waals surface area contributed by atoms with E-state index in [4.69, 9.17) is 15.2 Å². The Labute approximate surface area is 115 Å². The summed E-state index contributed by atoms with van der Waals surface area (Å²) in [6.07, 6.45) is -0.184. The maximum Gasteiger partial charge on any atom is 0.407 e. The maximum absolute atomic E-state index is 11.6. The van der Waals surface area contributed by atoms with Crippen LogP contribution in [0.5, 0.6) is 0 Å². The highest BCUT2D eigenvalue weighted by atomic mass is 16.6. The molecule has 1 saturated heterocycles.